The van der Waals surface area contributed by atoms with Gasteiger partial charge in [0.25, 0.3) is 0 Å². The second-order valence-electron chi connectivity index (χ2n) is 4.92. The Labute approximate surface area is 123 Å². The molecule has 1 unspecified atom stereocenters. The SMILES string of the molecule is CCNC(c1ccc(Cl)o1)c1cccc2c1OCCC2. The smallest absolute Gasteiger partial charge is 0.193 e. The molecule has 0 aliphatic carbocycles. The van der Waals surface area contributed by atoms with Crippen molar-refractivity contribution in [1.29, 1.82) is 0 Å². The van der Waals surface area contributed by atoms with Crippen LogP contribution in [0.25, 0.3) is 0 Å². The van der Waals surface area contributed by atoms with E-state index in [-0.39, 0.29) is 6.04 Å². The summed E-state index contributed by atoms with van der Waals surface area (Å²) in [6.45, 7) is 3.70. The number of hydrogen-bond donors (Lipinski definition) is 1. The Morgan fingerprint density at radius 1 is 1.30 bits per heavy atom. The molecule has 0 spiro atoms. The molecule has 0 saturated carbocycles. The molecule has 0 amide bonds. The maximum atomic E-state index is 5.91. The summed E-state index contributed by atoms with van der Waals surface area (Å²) in [6.07, 6.45) is 2.15. The molecule has 0 saturated heterocycles. The zero-order valence-corrected chi connectivity index (χ0v) is 12.2. The van der Waals surface area contributed by atoms with Crippen molar-refractivity contribution in [2.24, 2.45) is 0 Å². The van der Waals surface area contributed by atoms with Gasteiger partial charge in [-0.25, -0.2) is 0 Å². The quantitative estimate of drug-likeness (QED) is 0.926. The third kappa shape index (κ3) is 2.56. The summed E-state index contributed by atoms with van der Waals surface area (Å²) in [4.78, 5) is 0. The normalized spacial score (nSPS) is 15.5. The van der Waals surface area contributed by atoms with Crippen LogP contribution in [0.15, 0.2) is 34.7 Å². The highest BCUT2D eigenvalue weighted by Crippen LogP contribution is 2.36. The molecule has 1 aromatic carbocycles. The van der Waals surface area contributed by atoms with Crippen LogP contribution in [-0.4, -0.2) is 13.2 Å². The highest BCUT2D eigenvalue weighted by atomic mass is 35.5. The number of para-hydroxylation sites is 1. The first-order valence-electron chi connectivity index (χ1n) is 7.02. The van der Waals surface area contributed by atoms with Crippen molar-refractivity contribution >= 4 is 11.6 Å². The number of hydrogen-bond acceptors (Lipinski definition) is 3. The minimum Gasteiger partial charge on any atom is -0.493 e. The number of nitrogens with one attached hydrogen (secondary N) is 1. The van der Waals surface area contributed by atoms with E-state index in [9.17, 15) is 0 Å². The topological polar surface area (TPSA) is 34.4 Å². The van der Waals surface area contributed by atoms with Crippen LogP contribution in [-0.2, 0) is 6.42 Å². The van der Waals surface area contributed by atoms with E-state index >= 15 is 0 Å². The number of rotatable bonds is 4. The van der Waals surface area contributed by atoms with Crippen LogP contribution in [0, 0.1) is 0 Å². The molecule has 4 heteroatoms. The van der Waals surface area contributed by atoms with Crippen molar-refractivity contribution in [2.75, 3.05) is 13.2 Å². The molecule has 1 aromatic heterocycles. The van der Waals surface area contributed by atoms with Gasteiger partial charge in [0, 0.05) is 5.56 Å². The van der Waals surface area contributed by atoms with Gasteiger partial charge >= 0.3 is 0 Å². The fourth-order valence-electron chi connectivity index (χ4n) is 2.69. The number of ether oxygens (including phenoxy) is 1. The number of halogens is 1. The fraction of sp³-hybridized carbons (Fsp3) is 0.375. The largest absolute Gasteiger partial charge is 0.493 e. The summed E-state index contributed by atoms with van der Waals surface area (Å²) in [6, 6.07) is 9.97. The first-order chi connectivity index (χ1) is 9.79. The van der Waals surface area contributed by atoms with Crippen LogP contribution in [0.4, 0.5) is 0 Å². The van der Waals surface area contributed by atoms with E-state index in [1.807, 2.05) is 6.07 Å². The Kier molecular flexibility index (Phi) is 3.99. The predicted octanol–water partition coefficient (Wildman–Crippen LogP) is 3.96. The lowest BCUT2D eigenvalue weighted by atomic mass is 9.96. The molecule has 20 heavy (non-hydrogen) atoms. The molecule has 1 N–H and O–H groups in total. The molecule has 1 aliphatic heterocycles. The van der Waals surface area contributed by atoms with Crippen LogP contribution in [0.5, 0.6) is 5.75 Å². The van der Waals surface area contributed by atoms with Crippen LogP contribution in [0.2, 0.25) is 5.22 Å². The van der Waals surface area contributed by atoms with Crippen molar-refractivity contribution < 1.29 is 9.15 Å². The molecule has 3 rings (SSSR count). The molecular formula is C16H18ClNO2. The molecule has 1 atom stereocenters. The van der Waals surface area contributed by atoms with Crippen molar-refractivity contribution in [3.63, 3.8) is 0 Å². The zero-order valence-electron chi connectivity index (χ0n) is 11.5. The van der Waals surface area contributed by atoms with Crippen LogP contribution in [0.1, 0.15) is 36.3 Å². The van der Waals surface area contributed by atoms with Crippen molar-refractivity contribution in [2.45, 2.75) is 25.8 Å². The average Bonchev–Trinajstić information content (AvgIpc) is 2.91. The van der Waals surface area contributed by atoms with E-state index < -0.39 is 0 Å². The third-order valence-electron chi connectivity index (χ3n) is 3.56. The lowest BCUT2D eigenvalue weighted by molar-refractivity contribution is 0.281. The van der Waals surface area contributed by atoms with Gasteiger partial charge in [-0.05, 0) is 48.7 Å². The second kappa shape index (κ2) is 5.90. The van der Waals surface area contributed by atoms with Gasteiger partial charge in [0.2, 0.25) is 0 Å². The van der Waals surface area contributed by atoms with Crippen molar-refractivity contribution in [3.8, 4) is 5.75 Å². The van der Waals surface area contributed by atoms with Crippen LogP contribution >= 0.6 is 11.6 Å². The van der Waals surface area contributed by atoms with Gasteiger partial charge in [-0.15, -0.1) is 0 Å². The molecule has 0 bridgehead atoms. The summed E-state index contributed by atoms with van der Waals surface area (Å²) in [5, 5.41) is 3.86. The molecule has 106 valence electrons. The predicted molar refractivity (Wildman–Crippen MR) is 79.5 cm³/mol. The second-order valence-corrected chi connectivity index (χ2v) is 5.29. The van der Waals surface area contributed by atoms with Crippen LogP contribution in [0.3, 0.4) is 0 Å². The minimum atomic E-state index is -0.0273. The zero-order chi connectivity index (χ0) is 13.9. The van der Waals surface area contributed by atoms with E-state index in [2.05, 4.69) is 30.4 Å². The summed E-state index contributed by atoms with van der Waals surface area (Å²) in [7, 11) is 0. The van der Waals surface area contributed by atoms with Gasteiger partial charge in [-0.3, -0.25) is 0 Å². The Morgan fingerprint density at radius 2 is 2.20 bits per heavy atom. The third-order valence-corrected chi connectivity index (χ3v) is 3.76. The summed E-state index contributed by atoms with van der Waals surface area (Å²) >= 11 is 5.91. The Bertz CT molecular complexity index is 594. The summed E-state index contributed by atoms with van der Waals surface area (Å²) < 4.78 is 11.5. The maximum absolute atomic E-state index is 5.91. The number of furan rings is 1. The molecule has 2 heterocycles. The fourth-order valence-corrected chi connectivity index (χ4v) is 2.85. The van der Waals surface area contributed by atoms with E-state index in [0.717, 1.165) is 43.1 Å². The van der Waals surface area contributed by atoms with E-state index in [1.54, 1.807) is 6.07 Å². The first kappa shape index (κ1) is 13.5. The van der Waals surface area contributed by atoms with E-state index in [1.165, 1.54) is 5.56 Å². The van der Waals surface area contributed by atoms with E-state index in [0.29, 0.717) is 5.22 Å². The first-order valence-corrected chi connectivity index (χ1v) is 7.40. The Morgan fingerprint density at radius 3 is 2.95 bits per heavy atom. The highest BCUT2D eigenvalue weighted by molar-refractivity contribution is 6.28. The van der Waals surface area contributed by atoms with Gasteiger partial charge < -0.3 is 14.5 Å². The average molecular weight is 292 g/mol. The van der Waals surface area contributed by atoms with E-state index in [4.69, 9.17) is 20.8 Å². The molecule has 3 nitrogen and oxygen atoms in total. The number of fused-ring (bicyclic) bond motifs is 1. The highest BCUT2D eigenvalue weighted by Gasteiger charge is 2.24. The molecule has 0 radical (unpaired) electrons. The summed E-state index contributed by atoms with van der Waals surface area (Å²) in [5.74, 6) is 1.82. The standard InChI is InChI=1S/C16H18ClNO2/c1-2-18-15(13-8-9-14(17)20-13)12-7-3-5-11-6-4-10-19-16(11)12/h3,5,7-9,15,18H,2,4,6,10H2,1H3. The van der Waals surface area contributed by atoms with Gasteiger partial charge in [0.15, 0.2) is 5.22 Å². The lowest BCUT2D eigenvalue weighted by Crippen LogP contribution is -2.23. The minimum absolute atomic E-state index is 0.0273. The Hall–Kier alpha value is -1.45. The number of aryl methyl sites for hydroxylation is 1. The molecular weight excluding hydrogens is 274 g/mol. The van der Waals surface area contributed by atoms with Crippen molar-refractivity contribution in [1.82, 2.24) is 5.32 Å². The lowest BCUT2D eigenvalue weighted by Gasteiger charge is -2.24. The van der Waals surface area contributed by atoms with Gasteiger partial charge in [-0.1, -0.05) is 25.1 Å². The Balaban J connectivity index is 2.03. The summed E-state index contributed by atoms with van der Waals surface area (Å²) in [5.41, 5.74) is 2.39. The monoisotopic (exact) mass is 291 g/mol. The maximum Gasteiger partial charge on any atom is 0.193 e. The molecule has 0 fully saturated rings. The van der Waals surface area contributed by atoms with Gasteiger partial charge in [0.05, 0.1) is 12.6 Å². The molecule has 2 aromatic rings. The number of benzene rings is 1. The molecule has 1 aliphatic rings. The van der Waals surface area contributed by atoms with Crippen molar-refractivity contribution in [3.05, 3.63) is 52.4 Å². The van der Waals surface area contributed by atoms with Crippen LogP contribution < -0.4 is 10.1 Å². The van der Waals surface area contributed by atoms with Gasteiger partial charge in [-0.2, -0.15) is 0 Å². The van der Waals surface area contributed by atoms with Gasteiger partial charge in [0.1, 0.15) is 11.5 Å².